The zero-order valence-corrected chi connectivity index (χ0v) is 21.0. The molecule has 1 aliphatic heterocycles. The van der Waals surface area contributed by atoms with Gasteiger partial charge < -0.3 is 24.1 Å². The Hall–Kier alpha value is -3.77. The van der Waals surface area contributed by atoms with Crippen LogP contribution in [0.25, 0.3) is 33.7 Å². The van der Waals surface area contributed by atoms with Crippen LogP contribution in [0.15, 0.2) is 77.3 Å². The maximum absolute atomic E-state index is 6.28. The monoisotopic (exact) mass is 484 g/mol. The van der Waals surface area contributed by atoms with Gasteiger partial charge in [0.1, 0.15) is 29.0 Å². The van der Waals surface area contributed by atoms with E-state index in [1.54, 1.807) is 14.2 Å². The zero-order chi connectivity index (χ0) is 24.9. The van der Waals surface area contributed by atoms with Gasteiger partial charge in [0.05, 0.1) is 19.8 Å². The molecule has 2 atom stereocenters. The molecule has 1 fully saturated rings. The van der Waals surface area contributed by atoms with E-state index in [0.717, 1.165) is 58.2 Å². The summed E-state index contributed by atoms with van der Waals surface area (Å²) in [7, 11) is 3.32. The summed E-state index contributed by atoms with van der Waals surface area (Å²) in [5.41, 5.74) is 4.58. The van der Waals surface area contributed by atoms with E-state index in [1.165, 1.54) is 12.8 Å². The second kappa shape index (κ2) is 10.9. The minimum absolute atomic E-state index is 0.108. The topological polar surface area (TPSA) is 65.8 Å². The van der Waals surface area contributed by atoms with Crippen LogP contribution in [0.3, 0.4) is 0 Å². The average Bonchev–Trinajstić information content (AvgIpc) is 3.39. The van der Waals surface area contributed by atoms with Gasteiger partial charge in [-0.2, -0.15) is 0 Å². The molecule has 2 unspecified atom stereocenters. The summed E-state index contributed by atoms with van der Waals surface area (Å²) in [4.78, 5) is 0. The fourth-order valence-corrected chi connectivity index (χ4v) is 4.72. The summed E-state index contributed by atoms with van der Waals surface area (Å²) in [6.07, 6.45) is 3.75. The molecule has 36 heavy (non-hydrogen) atoms. The van der Waals surface area contributed by atoms with Gasteiger partial charge in [-0.05, 0) is 92.5 Å². The van der Waals surface area contributed by atoms with Crippen molar-refractivity contribution in [2.24, 2.45) is 0 Å². The van der Waals surface area contributed by atoms with Crippen LogP contribution in [0.4, 0.5) is 0 Å². The number of rotatable bonds is 8. The van der Waals surface area contributed by atoms with Crippen molar-refractivity contribution in [1.82, 2.24) is 10.5 Å². The molecule has 1 saturated heterocycles. The van der Waals surface area contributed by atoms with Crippen molar-refractivity contribution < 1.29 is 18.7 Å². The average molecular weight is 485 g/mol. The van der Waals surface area contributed by atoms with Gasteiger partial charge >= 0.3 is 0 Å². The second-order valence-electron chi connectivity index (χ2n) is 9.10. The van der Waals surface area contributed by atoms with E-state index in [4.69, 9.17) is 18.7 Å². The smallest absolute Gasteiger partial charge is 0.175 e. The minimum Gasteiger partial charge on any atom is -0.497 e. The third-order valence-corrected chi connectivity index (χ3v) is 6.79. The highest BCUT2D eigenvalue weighted by Gasteiger charge is 2.23. The predicted molar refractivity (Wildman–Crippen MR) is 142 cm³/mol. The Morgan fingerprint density at radius 1 is 0.778 bits per heavy atom. The predicted octanol–water partition coefficient (Wildman–Crippen LogP) is 6.60. The number of piperidine rings is 1. The summed E-state index contributed by atoms with van der Waals surface area (Å²) in [6.45, 7) is 3.20. The molecule has 1 N–H and O–H groups in total. The van der Waals surface area contributed by atoms with Gasteiger partial charge in [0.2, 0.25) is 0 Å². The Balaban J connectivity index is 1.49. The first-order chi connectivity index (χ1) is 17.7. The molecule has 0 aliphatic carbocycles. The molecule has 0 saturated carbocycles. The second-order valence-corrected chi connectivity index (χ2v) is 9.10. The van der Waals surface area contributed by atoms with Gasteiger partial charge in [0.25, 0.3) is 0 Å². The molecule has 0 amide bonds. The number of nitrogens with zero attached hydrogens (tertiary/aromatic N) is 1. The SMILES string of the molecule is COc1ccc(-c2noc(-c3ccc(OC)cc3)c2-c2ccc(OC(C)C3CCCCN3)cc2)cc1. The molecule has 1 aliphatic rings. The van der Waals surface area contributed by atoms with Crippen LogP contribution < -0.4 is 19.5 Å². The van der Waals surface area contributed by atoms with Crippen molar-refractivity contribution >= 4 is 0 Å². The molecule has 6 heteroatoms. The highest BCUT2D eigenvalue weighted by Crippen LogP contribution is 2.41. The van der Waals surface area contributed by atoms with Crippen molar-refractivity contribution in [2.45, 2.75) is 38.3 Å². The first kappa shape index (κ1) is 23.9. The molecule has 2 heterocycles. The Labute approximate surface area is 212 Å². The molecule has 0 radical (unpaired) electrons. The van der Waals surface area contributed by atoms with Crippen molar-refractivity contribution in [3.8, 4) is 51.0 Å². The van der Waals surface area contributed by atoms with Gasteiger partial charge in [-0.3, -0.25) is 0 Å². The number of methoxy groups -OCH3 is 2. The Kier molecular flexibility index (Phi) is 7.23. The summed E-state index contributed by atoms with van der Waals surface area (Å²) in [6, 6.07) is 24.2. The van der Waals surface area contributed by atoms with Crippen LogP contribution >= 0.6 is 0 Å². The van der Waals surface area contributed by atoms with E-state index >= 15 is 0 Å². The molecule has 5 rings (SSSR count). The summed E-state index contributed by atoms with van der Waals surface area (Å²) in [5, 5.41) is 8.06. The first-order valence-corrected chi connectivity index (χ1v) is 12.5. The van der Waals surface area contributed by atoms with E-state index in [9.17, 15) is 0 Å². The largest absolute Gasteiger partial charge is 0.497 e. The van der Waals surface area contributed by atoms with Gasteiger partial charge in [-0.1, -0.05) is 23.7 Å². The maximum Gasteiger partial charge on any atom is 0.175 e. The van der Waals surface area contributed by atoms with E-state index in [1.807, 2.05) is 60.7 Å². The normalized spacial score (nSPS) is 16.4. The van der Waals surface area contributed by atoms with Crippen LogP contribution in [0.1, 0.15) is 26.2 Å². The van der Waals surface area contributed by atoms with E-state index in [-0.39, 0.29) is 6.10 Å². The van der Waals surface area contributed by atoms with Gasteiger partial charge in [0, 0.05) is 17.2 Å². The Morgan fingerprint density at radius 2 is 1.36 bits per heavy atom. The third-order valence-electron chi connectivity index (χ3n) is 6.79. The summed E-state index contributed by atoms with van der Waals surface area (Å²) >= 11 is 0. The van der Waals surface area contributed by atoms with E-state index in [2.05, 4.69) is 29.5 Å². The maximum atomic E-state index is 6.28. The van der Waals surface area contributed by atoms with Crippen LogP contribution in [-0.2, 0) is 0 Å². The molecule has 1 aromatic heterocycles. The van der Waals surface area contributed by atoms with Crippen molar-refractivity contribution in [3.05, 3.63) is 72.8 Å². The first-order valence-electron chi connectivity index (χ1n) is 12.5. The van der Waals surface area contributed by atoms with Gasteiger partial charge in [0.15, 0.2) is 5.76 Å². The number of ether oxygens (including phenoxy) is 3. The minimum atomic E-state index is 0.108. The molecule has 186 valence electrons. The fourth-order valence-electron chi connectivity index (χ4n) is 4.72. The number of benzene rings is 3. The highest BCUT2D eigenvalue weighted by molar-refractivity contribution is 5.90. The Morgan fingerprint density at radius 3 is 1.94 bits per heavy atom. The lowest BCUT2D eigenvalue weighted by atomic mass is 9.96. The van der Waals surface area contributed by atoms with Crippen LogP contribution in [0, 0.1) is 0 Å². The zero-order valence-electron chi connectivity index (χ0n) is 21.0. The standard InChI is InChI=1S/C30H32N2O4/c1-20(27-6-4-5-19-31-27)35-26-17-7-21(8-18-26)28-29(22-9-13-24(33-2)14-10-22)32-36-30(28)23-11-15-25(34-3)16-12-23/h7-18,20,27,31H,4-6,19H2,1-3H3. The van der Waals surface area contributed by atoms with Gasteiger partial charge in [-0.15, -0.1) is 0 Å². The number of hydrogen-bond acceptors (Lipinski definition) is 6. The van der Waals surface area contributed by atoms with Gasteiger partial charge in [-0.25, -0.2) is 0 Å². The molecular formula is C30H32N2O4. The molecule has 3 aromatic carbocycles. The lowest BCUT2D eigenvalue weighted by molar-refractivity contribution is 0.152. The van der Waals surface area contributed by atoms with Crippen LogP contribution in [0.2, 0.25) is 0 Å². The van der Waals surface area contributed by atoms with Crippen molar-refractivity contribution in [2.75, 3.05) is 20.8 Å². The third kappa shape index (κ3) is 5.09. The molecular weight excluding hydrogens is 452 g/mol. The van der Waals surface area contributed by atoms with Crippen molar-refractivity contribution in [3.63, 3.8) is 0 Å². The number of hydrogen-bond donors (Lipinski definition) is 1. The number of nitrogens with one attached hydrogen (secondary N) is 1. The van der Waals surface area contributed by atoms with Crippen molar-refractivity contribution in [1.29, 1.82) is 0 Å². The van der Waals surface area contributed by atoms with Crippen LogP contribution in [0.5, 0.6) is 17.2 Å². The molecule has 0 bridgehead atoms. The van der Waals surface area contributed by atoms with Crippen LogP contribution in [-0.4, -0.2) is 38.1 Å². The molecule has 0 spiro atoms. The highest BCUT2D eigenvalue weighted by atomic mass is 16.5. The number of aromatic nitrogens is 1. The summed E-state index contributed by atoms with van der Waals surface area (Å²) < 4.78 is 22.9. The summed E-state index contributed by atoms with van der Waals surface area (Å²) in [5.74, 6) is 3.14. The molecule has 4 aromatic rings. The fraction of sp³-hybridized carbons (Fsp3) is 0.300. The lowest BCUT2D eigenvalue weighted by Gasteiger charge is -2.29. The van der Waals surface area contributed by atoms with E-state index in [0.29, 0.717) is 11.8 Å². The Bertz CT molecular complexity index is 1190. The molecule has 6 nitrogen and oxygen atoms in total. The lowest BCUT2D eigenvalue weighted by Crippen LogP contribution is -2.44. The quantitative estimate of drug-likeness (QED) is 0.304. The van der Waals surface area contributed by atoms with E-state index < -0.39 is 0 Å².